The molecule has 4 aromatic rings. The number of halogens is 1. The van der Waals surface area contributed by atoms with E-state index in [-0.39, 0.29) is 23.9 Å². The molecular weight excluding hydrogens is 550 g/mol. The topological polar surface area (TPSA) is 96.3 Å². The van der Waals surface area contributed by atoms with Crippen molar-refractivity contribution in [2.24, 2.45) is 0 Å². The number of pyridine rings is 2. The van der Waals surface area contributed by atoms with Gasteiger partial charge < -0.3 is 15.1 Å². The second-order valence-electron chi connectivity index (χ2n) is 11.1. The van der Waals surface area contributed by atoms with Crippen molar-refractivity contribution in [3.05, 3.63) is 82.0 Å². The summed E-state index contributed by atoms with van der Waals surface area (Å²) in [6.45, 7) is 14.7. The van der Waals surface area contributed by atoms with Gasteiger partial charge in [-0.25, -0.2) is 14.3 Å². The molecule has 4 heterocycles. The Kier molecular flexibility index (Phi) is 8.06. The maximum Gasteiger partial charge on any atom is 0.355 e. The van der Waals surface area contributed by atoms with Gasteiger partial charge in [0.25, 0.3) is 0 Å². The lowest BCUT2D eigenvalue weighted by Gasteiger charge is -2.44. The van der Waals surface area contributed by atoms with E-state index >= 15 is 0 Å². The molecule has 1 saturated heterocycles. The van der Waals surface area contributed by atoms with Crippen molar-refractivity contribution in [1.82, 2.24) is 24.4 Å². The molecule has 5 rings (SSSR count). The molecular formula is C32H36ClN7O2. The summed E-state index contributed by atoms with van der Waals surface area (Å²) >= 11 is 6.98. The fraction of sp³-hybridized carbons (Fsp3) is 0.344. The van der Waals surface area contributed by atoms with Gasteiger partial charge in [0, 0.05) is 49.7 Å². The molecule has 9 nitrogen and oxygen atoms in total. The van der Waals surface area contributed by atoms with Crippen LogP contribution in [0.1, 0.15) is 44.9 Å². The van der Waals surface area contributed by atoms with Gasteiger partial charge in [-0.2, -0.15) is 4.98 Å². The highest BCUT2D eigenvalue weighted by Gasteiger charge is 2.34. The Hall–Kier alpha value is -4.24. The predicted octanol–water partition coefficient (Wildman–Crippen LogP) is 5.58. The van der Waals surface area contributed by atoms with E-state index in [1.165, 1.54) is 6.08 Å². The summed E-state index contributed by atoms with van der Waals surface area (Å²) in [5.41, 5.74) is 4.55. The Morgan fingerprint density at radius 3 is 2.57 bits per heavy atom. The molecule has 1 N–H and O–H groups in total. The zero-order chi connectivity index (χ0) is 30.3. The summed E-state index contributed by atoms with van der Waals surface area (Å²) in [6, 6.07) is 11.3. The molecule has 1 aliphatic rings. The zero-order valence-corrected chi connectivity index (χ0v) is 25.6. The van der Waals surface area contributed by atoms with Crippen LogP contribution >= 0.6 is 11.6 Å². The van der Waals surface area contributed by atoms with Crippen LogP contribution in [0.3, 0.4) is 0 Å². The second-order valence-corrected chi connectivity index (χ2v) is 11.5. The number of para-hydroxylation sites is 1. The van der Waals surface area contributed by atoms with Crippen molar-refractivity contribution >= 4 is 40.0 Å². The van der Waals surface area contributed by atoms with Crippen molar-refractivity contribution in [3.63, 3.8) is 0 Å². The number of benzene rings is 1. The van der Waals surface area contributed by atoms with Gasteiger partial charge in [0.2, 0.25) is 5.91 Å². The van der Waals surface area contributed by atoms with Crippen LogP contribution in [0, 0.1) is 6.92 Å². The molecule has 1 aromatic carbocycles. The van der Waals surface area contributed by atoms with Gasteiger partial charge in [-0.15, -0.1) is 0 Å². The number of carbonyl (C=O) groups excluding carboxylic acids is 1. The van der Waals surface area contributed by atoms with Gasteiger partial charge in [-0.3, -0.25) is 9.78 Å². The zero-order valence-electron chi connectivity index (χ0n) is 24.8. The normalized spacial score (nSPS) is 17.1. The van der Waals surface area contributed by atoms with Crippen LogP contribution in [0.15, 0.2) is 60.0 Å². The Labute approximate surface area is 250 Å². The number of nitrogens with zero attached hydrogens (tertiary/aromatic N) is 6. The van der Waals surface area contributed by atoms with Crippen LogP contribution in [0.25, 0.3) is 28.0 Å². The number of aryl methyl sites for hydroxylation is 1. The SMILES string of the molecule is C=CC(=O)N1CC(C)N(c2nc(=O)n(-c3c(C)ccnc3C(C)C)c3nc(-c4ccccc4NC)c(Cl)cc23)CC1C. The first-order valence-corrected chi connectivity index (χ1v) is 14.5. The third-order valence-corrected chi connectivity index (χ3v) is 8.18. The van der Waals surface area contributed by atoms with E-state index in [1.54, 1.807) is 15.7 Å². The summed E-state index contributed by atoms with van der Waals surface area (Å²) in [7, 11) is 1.85. The molecule has 0 radical (unpaired) electrons. The molecule has 0 spiro atoms. The van der Waals surface area contributed by atoms with E-state index in [0.717, 1.165) is 22.5 Å². The minimum absolute atomic E-state index is 0.0506. The summed E-state index contributed by atoms with van der Waals surface area (Å²) in [6.07, 6.45) is 3.10. The Morgan fingerprint density at radius 1 is 1.14 bits per heavy atom. The first-order valence-electron chi connectivity index (χ1n) is 14.1. The minimum Gasteiger partial charge on any atom is -0.388 e. The van der Waals surface area contributed by atoms with Crippen molar-refractivity contribution in [2.75, 3.05) is 30.4 Å². The molecule has 0 saturated carbocycles. The van der Waals surface area contributed by atoms with Gasteiger partial charge in [0.05, 0.1) is 27.5 Å². The molecule has 2 atom stereocenters. The number of piperazine rings is 1. The van der Waals surface area contributed by atoms with Crippen molar-refractivity contribution < 1.29 is 4.79 Å². The fourth-order valence-corrected chi connectivity index (χ4v) is 6.01. The Balaban J connectivity index is 1.83. The first-order chi connectivity index (χ1) is 20.1. The van der Waals surface area contributed by atoms with Crippen LogP contribution < -0.4 is 15.9 Å². The third-order valence-electron chi connectivity index (χ3n) is 7.89. The van der Waals surface area contributed by atoms with E-state index in [9.17, 15) is 9.59 Å². The monoisotopic (exact) mass is 585 g/mol. The number of anilines is 2. The molecule has 1 aliphatic heterocycles. The van der Waals surface area contributed by atoms with Crippen molar-refractivity contribution in [1.29, 1.82) is 0 Å². The average Bonchev–Trinajstić information content (AvgIpc) is 2.97. The molecule has 0 bridgehead atoms. The number of hydrogen-bond donors (Lipinski definition) is 1. The van der Waals surface area contributed by atoms with Crippen molar-refractivity contribution in [3.8, 4) is 16.9 Å². The van der Waals surface area contributed by atoms with Crippen LogP contribution in [-0.4, -0.2) is 62.5 Å². The fourth-order valence-electron chi connectivity index (χ4n) is 5.75. The average molecular weight is 586 g/mol. The summed E-state index contributed by atoms with van der Waals surface area (Å²) < 4.78 is 1.57. The smallest absolute Gasteiger partial charge is 0.355 e. The number of aromatic nitrogens is 4. The van der Waals surface area contributed by atoms with Crippen LogP contribution in [0.5, 0.6) is 0 Å². The van der Waals surface area contributed by atoms with E-state index in [2.05, 4.69) is 26.8 Å². The maximum atomic E-state index is 14.1. The van der Waals surface area contributed by atoms with Gasteiger partial charge >= 0.3 is 5.69 Å². The van der Waals surface area contributed by atoms with Crippen LogP contribution in [-0.2, 0) is 4.79 Å². The second kappa shape index (κ2) is 11.6. The number of amides is 1. The number of nitrogens with one attached hydrogen (secondary N) is 1. The third kappa shape index (κ3) is 5.02. The highest BCUT2D eigenvalue weighted by molar-refractivity contribution is 6.34. The number of carbonyl (C=O) groups is 1. The van der Waals surface area contributed by atoms with Gasteiger partial charge in [0.15, 0.2) is 5.65 Å². The van der Waals surface area contributed by atoms with E-state index in [1.807, 2.05) is 78.1 Å². The van der Waals surface area contributed by atoms with Gasteiger partial charge in [0.1, 0.15) is 5.82 Å². The molecule has 10 heteroatoms. The summed E-state index contributed by atoms with van der Waals surface area (Å²) in [5, 5.41) is 4.30. The van der Waals surface area contributed by atoms with Crippen LogP contribution in [0.2, 0.25) is 5.02 Å². The Bertz CT molecular complexity index is 1750. The predicted molar refractivity (Wildman–Crippen MR) is 170 cm³/mol. The Morgan fingerprint density at radius 2 is 1.88 bits per heavy atom. The van der Waals surface area contributed by atoms with Crippen LogP contribution in [0.4, 0.5) is 11.5 Å². The first kappa shape index (κ1) is 29.3. The van der Waals surface area contributed by atoms with Crippen molar-refractivity contribution in [2.45, 2.75) is 52.6 Å². The largest absolute Gasteiger partial charge is 0.388 e. The number of rotatable bonds is 6. The lowest BCUT2D eigenvalue weighted by Crippen LogP contribution is -2.58. The summed E-state index contributed by atoms with van der Waals surface area (Å²) in [4.78, 5) is 44.9. The molecule has 0 aliphatic carbocycles. The standard InChI is InChI=1S/C32H36ClN7O2/c1-8-26(41)38-16-21(6)39(17-20(38)5)30-23-15-24(33)28(22-11-9-10-12-25(22)34-7)36-31(23)40(32(42)37-30)29-19(4)13-14-35-27(29)18(2)3/h8-15,18,20-21,34H,1,16-17H2,2-7H3. The number of fused-ring (bicyclic) bond motifs is 1. The van der Waals surface area contributed by atoms with Gasteiger partial charge in [-0.05, 0) is 56.5 Å². The molecule has 1 amide bonds. The molecule has 42 heavy (non-hydrogen) atoms. The minimum atomic E-state index is -0.456. The molecule has 218 valence electrons. The quantitative estimate of drug-likeness (QED) is 0.295. The molecule has 2 unspecified atom stereocenters. The highest BCUT2D eigenvalue weighted by Crippen LogP contribution is 2.37. The molecule has 3 aromatic heterocycles. The van der Waals surface area contributed by atoms with E-state index in [4.69, 9.17) is 16.6 Å². The van der Waals surface area contributed by atoms with E-state index in [0.29, 0.717) is 46.3 Å². The number of hydrogen-bond acceptors (Lipinski definition) is 7. The molecule has 1 fully saturated rings. The van der Waals surface area contributed by atoms with E-state index < -0.39 is 5.69 Å². The summed E-state index contributed by atoms with van der Waals surface area (Å²) in [5.74, 6) is 0.425. The highest BCUT2D eigenvalue weighted by atomic mass is 35.5. The lowest BCUT2D eigenvalue weighted by atomic mass is 10.0. The maximum absolute atomic E-state index is 14.1. The van der Waals surface area contributed by atoms with Gasteiger partial charge in [-0.1, -0.05) is 50.2 Å². The lowest BCUT2D eigenvalue weighted by molar-refractivity contribution is -0.128.